The first kappa shape index (κ1) is 19.2. The number of sulfonamides is 1. The van der Waals surface area contributed by atoms with Gasteiger partial charge in [-0.15, -0.1) is 0 Å². The third-order valence-electron chi connectivity index (χ3n) is 3.95. The molecule has 2 aromatic rings. The molecule has 0 saturated heterocycles. The zero-order valence-electron chi connectivity index (χ0n) is 14.5. The van der Waals surface area contributed by atoms with Gasteiger partial charge in [0.1, 0.15) is 5.76 Å². The molecule has 0 spiro atoms. The summed E-state index contributed by atoms with van der Waals surface area (Å²) in [7, 11) is -2.05. The minimum Gasteiger partial charge on any atom is -0.469 e. The van der Waals surface area contributed by atoms with E-state index in [0.717, 1.165) is 24.2 Å². The van der Waals surface area contributed by atoms with Crippen LogP contribution in [0.5, 0.6) is 0 Å². The molecule has 25 heavy (non-hydrogen) atoms. The maximum atomic E-state index is 12.0. The molecule has 0 radical (unpaired) electrons. The van der Waals surface area contributed by atoms with Gasteiger partial charge in [-0.2, -0.15) is 0 Å². The lowest BCUT2D eigenvalue weighted by molar-refractivity contribution is -0.121. The molecule has 6 nitrogen and oxygen atoms in total. The molecule has 1 aromatic heterocycles. The maximum absolute atomic E-state index is 12.0. The Labute approximate surface area is 148 Å². The van der Waals surface area contributed by atoms with E-state index in [1.165, 1.54) is 7.05 Å². The van der Waals surface area contributed by atoms with Gasteiger partial charge in [-0.25, -0.2) is 13.1 Å². The largest absolute Gasteiger partial charge is 0.469 e. The Kier molecular flexibility index (Phi) is 6.78. The molecular weight excluding hydrogens is 340 g/mol. The van der Waals surface area contributed by atoms with Crippen molar-refractivity contribution in [2.75, 3.05) is 7.05 Å². The van der Waals surface area contributed by atoms with Crippen LogP contribution in [0.15, 0.2) is 52.0 Å². The minimum atomic E-state index is -3.42. The van der Waals surface area contributed by atoms with Crippen LogP contribution in [0.1, 0.15) is 31.1 Å². The predicted molar refractivity (Wildman–Crippen MR) is 95.6 cm³/mol. The third-order valence-corrected chi connectivity index (χ3v) is 5.38. The Morgan fingerprint density at radius 1 is 1.16 bits per heavy atom. The number of hydrogen-bond acceptors (Lipinski definition) is 4. The van der Waals surface area contributed by atoms with E-state index in [2.05, 4.69) is 10.0 Å². The average Bonchev–Trinajstić information content (AvgIpc) is 3.12. The number of benzene rings is 1. The Morgan fingerprint density at radius 3 is 2.48 bits per heavy atom. The number of aryl methyl sites for hydroxylation is 2. The second-order valence-corrected chi connectivity index (χ2v) is 7.82. The lowest BCUT2D eigenvalue weighted by Crippen LogP contribution is -2.33. The second kappa shape index (κ2) is 8.82. The van der Waals surface area contributed by atoms with E-state index in [4.69, 9.17) is 4.42 Å². The number of furan rings is 1. The second-order valence-electron chi connectivity index (χ2n) is 5.94. The van der Waals surface area contributed by atoms with Gasteiger partial charge in [-0.05, 0) is 56.6 Å². The highest BCUT2D eigenvalue weighted by atomic mass is 32.2. The average molecular weight is 364 g/mol. The summed E-state index contributed by atoms with van der Waals surface area (Å²) in [6, 6.07) is 10.4. The Morgan fingerprint density at radius 2 is 1.88 bits per heavy atom. The Hall–Kier alpha value is -2.12. The number of hydrogen-bond donors (Lipinski definition) is 2. The van der Waals surface area contributed by atoms with Gasteiger partial charge in [0.15, 0.2) is 0 Å². The lowest BCUT2D eigenvalue weighted by atomic mass is 10.1. The van der Waals surface area contributed by atoms with Crippen LogP contribution < -0.4 is 10.0 Å². The van der Waals surface area contributed by atoms with Crippen LogP contribution >= 0.6 is 0 Å². The van der Waals surface area contributed by atoms with Crippen molar-refractivity contribution >= 4 is 15.9 Å². The highest BCUT2D eigenvalue weighted by molar-refractivity contribution is 7.89. The van der Waals surface area contributed by atoms with Crippen LogP contribution in [0.4, 0.5) is 0 Å². The fourth-order valence-electron chi connectivity index (χ4n) is 2.44. The number of rotatable bonds is 9. The van der Waals surface area contributed by atoms with E-state index in [9.17, 15) is 13.2 Å². The molecular formula is C18H24N2O4S. The molecule has 0 saturated carbocycles. The zero-order valence-corrected chi connectivity index (χ0v) is 15.3. The van der Waals surface area contributed by atoms with Crippen molar-refractivity contribution in [3.63, 3.8) is 0 Å². The van der Waals surface area contributed by atoms with Crippen molar-refractivity contribution in [3.8, 4) is 0 Å². The fraction of sp³-hybridized carbons (Fsp3) is 0.389. The summed E-state index contributed by atoms with van der Waals surface area (Å²) in [6.45, 7) is 1.97. The molecule has 0 bridgehead atoms. The van der Waals surface area contributed by atoms with Crippen molar-refractivity contribution < 1.29 is 17.6 Å². The first-order valence-corrected chi connectivity index (χ1v) is 9.73. The van der Waals surface area contributed by atoms with Crippen molar-refractivity contribution in [2.24, 2.45) is 0 Å². The molecule has 0 aliphatic rings. The molecule has 1 aromatic carbocycles. The third kappa shape index (κ3) is 6.03. The molecule has 0 aliphatic heterocycles. The zero-order chi connectivity index (χ0) is 18.3. The predicted octanol–water partition coefficient (Wildman–Crippen LogP) is 2.26. The molecule has 0 unspecified atom stereocenters. The van der Waals surface area contributed by atoms with E-state index in [0.29, 0.717) is 12.8 Å². The summed E-state index contributed by atoms with van der Waals surface area (Å²) in [5.41, 5.74) is 0.924. The SMILES string of the molecule is CNS(=O)(=O)c1ccc(CCC(=O)N[C@@H](C)CCc2ccco2)cc1. The number of carbonyl (C=O) groups excluding carboxylic acids is 1. The summed E-state index contributed by atoms with van der Waals surface area (Å²) >= 11 is 0. The standard InChI is InChI=1S/C18H24N2O4S/c1-14(5-9-16-4-3-13-24-16)20-18(21)12-8-15-6-10-17(11-7-15)25(22,23)19-2/h3-4,6-7,10-11,13-14,19H,5,8-9,12H2,1-2H3,(H,20,21)/t14-/m0/s1. The first-order valence-electron chi connectivity index (χ1n) is 8.25. The number of carbonyl (C=O) groups is 1. The quantitative estimate of drug-likeness (QED) is 0.714. The summed E-state index contributed by atoms with van der Waals surface area (Å²) < 4.78 is 30.9. The Balaban J connectivity index is 1.75. The molecule has 7 heteroatoms. The van der Waals surface area contributed by atoms with Crippen molar-refractivity contribution in [3.05, 3.63) is 54.0 Å². The van der Waals surface area contributed by atoms with Crippen LogP contribution in [0.3, 0.4) is 0 Å². The topological polar surface area (TPSA) is 88.4 Å². The summed E-state index contributed by atoms with van der Waals surface area (Å²) in [6.07, 6.45) is 4.18. The van der Waals surface area contributed by atoms with Gasteiger partial charge in [0.25, 0.3) is 0 Å². The highest BCUT2D eigenvalue weighted by Crippen LogP contribution is 2.12. The van der Waals surface area contributed by atoms with Gasteiger partial charge >= 0.3 is 0 Å². The van der Waals surface area contributed by atoms with Crippen molar-refractivity contribution in [2.45, 2.75) is 43.5 Å². The summed E-state index contributed by atoms with van der Waals surface area (Å²) in [5.74, 6) is 0.900. The molecule has 2 N–H and O–H groups in total. The van der Waals surface area contributed by atoms with Crippen molar-refractivity contribution in [1.29, 1.82) is 0 Å². The fourth-order valence-corrected chi connectivity index (χ4v) is 3.17. The van der Waals surface area contributed by atoms with Gasteiger partial charge in [-0.3, -0.25) is 4.79 Å². The smallest absolute Gasteiger partial charge is 0.240 e. The van der Waals surface area contributed by atoms with Gasteiger partial charge < -0.3 is 9.73 Å². The van der Waals surface area contributed by atoms with E-state index in [-0.39, 0.29) is 16.8 Å². The molecule has 0 fully saturated rings. The lowest BCUT2D eigenvalue weighted by Gasteiger charge is -2.13. The molecule has 1 amide bonds. The number of amides is 1. The van der Waals surface area contributed by atoms with Crippen LogP contribution in [0.2, 0.25) is 0 Å². The normalized spacial score (nSPS) is 12.7. The molecule has 1 heterocycles. The molecule has 1 atom stereocenters. The van der Waals surface area contributed by atoms with E-state index in [1.807, 2.05) is 19.1 Å². The van der Waals surface area contributed by atoms with Crippen LogP contribution in [-0.4, -0.2) is 27.4 Å². The van der Waals surface area contributed by atoms with Gasteiger partial charge in [0, 0.05) is 18.9 Å². The molecule has 136 valence electrons. The first-order chi connectivity index (χ1) is 11.9. The highest BCUT2D eigenvalue weighted by Gasteiger charge is 2.11. The minimum absolute atomic E-state index is 0.0149. The van der Waals surface area contributed by atoms with E-state index in [1.54, 1.807) is 30.5 Å². The van der Waals surface area contributed by atoms with Gasteiger partial charge in [0.05, 0.1) is 11.2 Å². The van der Waals surface area contributed by atoms with Crippen LogP contribution in [0.25, 0.3) is 0 Å². The van der Waals surface area contributed by atoms with Crippen molar-refractivity contribution in [1.82, 2.24) is 10.0 Å². The molecule has 2 rings (SSSR count). The summed E-state index contributed by atoms with van der Waals surface area (Å²) in [4.78, 5) is 12.2. The maximum Gasteiger partial charge on any atom is 0.240 e. The monoisotopic (exact) mass is 364 g/mol. The molecule has 0 aliphatic carbocycles. The summed E-state index contributed by atoms with van der Waals surface area (Å²) in [5, 5.41) is 2.97. The number of nitrogens with one attached hydrogen (secondary N) is 2. The van der Waals surface area contributed by atoms with Crippen LogP contribution in [0, 0.1) is 0 Å². The van der Waals surface area contributed by atoms with E-state index >= 15 is 0 Å². The van der Waals surface area contributed by atoms with Crippen LogP contribution in [-0.2, 0) is 27.7 Å². The van der Waals surface area contributed by atoms with Gasteiger partial charge in [0.2, 0.25) is 15.9 Å². The van der Waals surface area contributed by atoms with E-state index < -0.39 is 10.0 Å². The Bertz CT molecular complexity index is 768. The van der Waals surface area contributed by atoms with Gasteiger partial charge in [-0.1, -0.05) is 12.1 Å².